The lowest BCUT2D eigenvalue weighted by Gasteiger charge is -2.15. The van der Waals surface area contributed by atoms with E-state index in [1.165, 1.54) is 22.2 Å². The van der Waals surface area contributed by atoms with Gasteiger partial charge in [0.15, 0.2) is 0 Å². The van der Waals surface area contributed by atoms with Crippen LogP contribution >= 0.6 is 23.1 Å². The Morgan fingerprint density at radius 2 is 1.79 bits per heavy atom. The van der Waals surface area contributed by atoms with E-state index in [1.54, 1.807) is 47.7 Å². The van der Waals surface area contributed by atoms with Crippen LogP contribution in [0.1, 0.15) is 12.0 Å². The van der Waals surface area contributed by atoms with Gasteiger partial charge in [-0.15, -0.1) is 23.1 Å². The van der Waals surface area contributed by atoms with E-state index in [9.17, 15) is 19.2 Å². The monoisotopic (exact) mass is 543 g/mol. The fourth-order valence-electron chi connectivity index (χ4n) is 3.99. The number of benzene rings is 3. The molecule has 10 heteroatoms. The standard InChI is InChI=1S/C28H21N3O5S2/c1-16-2-11-21-22(14-16)38-27(30-21)17-3-7-19(8-4-17)31-25(33)15-23(28(31)36)37-20-9-5-18(6-10-20)29-24(32)12-13-26(34)35/h2-14,23H,15H2,1H3,(H,29,32)(H,34,35)/b13-12+/t23-/m0/s1. The predicted molar refractivity (Wildman–Crippen MR) is 148 cm³/mol. The molecule has 1 aromatic heterocycles. The number of nitrogens with one attached hydrogen (secondary N) is 1. The average molecular weight is 544 g/mol. The summed E-state index contributed by atoms with van der Waals surface area (Å²) in [6, 6.07) is 20.2. The van der Waals surface area contributed by atoms with Crippen LogP contribution in [-0.2, 0) is 19.2 Å². The lowest BCUT2D eigenvalue weighted by molar-refractivity contribution is -0.131. The van der Waals surface area contributed by atoms with Crippen LogP contribution in [0.2, 0.25) is 0 Å². The summed E-state index contributed by atoms with van der Waals surface area (Å²) in [4.78, 5) is 54.8. The number of aromatic nitrogens is 1. The Labute approximate surface area is 226 Å². The number of fused-ring (bicyclic) bond motifs is 1. The van der Waals surface area contributed by atoms with Gasteiger partial charge >= 0.3 is 5.97 Å². The number of amides is 3. The van der Waals surface area contributed by atoms with Crippen molar-refractivity contribution < 1.29 is 24.3 Å². The number of hydrogen-bond acceptors (Lipinski definition) is 7. The van der Waals surface area contributed by atoms with Crippen molar-refractivity contribution >= 4 is 68.4 Å². The number of thioether (sulfide) groups is 1. The summed E-state index contributed by atoms with van der Waals surface area (Å²) in [7, 11) is 0. The molecule has 1 saturated heterocycles. The second-order valence-electron chi connectivity index (χ2n) is 8.60. The quantitative estimate of drug-likeness (QED) is 0.241. The van der Waals surface area contributed by atoms with Gasteiger partial charge in [-0.25, -0.2) is 14.7 Å². The Morgan fingerprint density at radius 1 is 1.05 bits per heavy atom. The Kier molecular flexibility index (Phi) is 7.08. The van der Waals surface area contributed by atoms with Gasteiger partial charge in [-0.3, -0.25) is 14.4 Å². The number of imide groups is 1. The molecule has 0 bridgehead atoms. The molecule has 3 amide bonds. The fraction of sp³-hybridized carbons (Fsp3) is 0.107. The molecule has 3 aromatic carbocycles. The van der Waals surface area contributed by atoms with Gasteiger partial charge in [0.1, 0.15) is 5.01 Å². The van der Waals surface area contributed by atoms with Crippen molar-refractivity contribution in [3.05, 3.63) is 84.4 Å². The largest absolute Gasteiger partial charge is 0.478 e. The predicted octanol–water partition coefficient (Wildman–Crippen LogP) is 5.28. The fourth-order valence-corrected chi connectivity index (χ4v) is 6.11. The van der Waals surface area contributed by atoms with E-state index in [-0.39, 0.29) is 18.2 Å². The molecule has 0 spiro atoms. The van der Waals surface area contributed by atoms with E-state index in [1.807, 2.05) is 31.2 Å². The molecule has 1 aliphatic rings. The highest BCUT2D eigenvalue weighted by molar-refractivity contribution is 8.00. The molecule has 190 valence electrons. The van der Waals surface area contributed by atoms with E-state index in [2.05, 4.69) is 11.4 Å². The van der Waals surface area contributed by atoms with Crippen molar-refractivity contribution in [2.45, 2.75) is 23.5 Å². The minimum atomic E-state index is -1.21. The summed E-state index contributed by atoms with van der Waals surface area (Å²) in [5.74, 6) is -2.32. The molecular weight excluding hydrogens is 522 g/mol. The summed E-state index contributed by atoms with van der Waals surface area (Å²) < 4.78 is 1.11. The third kappa shape index (κ3) is 5.51. The SMILES string of the molecule is Cc1ccc2nc(-c3ccc(N4C(=O)C[C@H](Sc5ccc(NC(=O)/C=C/C(=O)O)cc5)C4=O)cc3)sc2c1. The van der Waals surface area contributed by atoms with Crippen LogP contribution in [0.15, 0.2) is 83.8 Å². The molecule has 0 saturated carbocycles. The van der Waals surface area contributed by atoms with Gasteiger partial charge in [0, 0.05) is 34.7 Å². The maximum Gasteiger partial charge on any atom is 0.328 e. The molecule has 0 aliphatic carbocycles. The number of carbonyl (C=O) groups excluding carboxylic acids is 3. The van der Waals surface area contributed by atoms with Crippen molar-refractivity contribution in [2.75, 3.05) is 10.2 Å². The van der Waals surface area contributed by atoms with Gasteiger partial charge < -0.3 is 10.4 Å². The normalized spacial score (nSPS) is 15.5. The maximum absolute atomic E-state index is 13.1. The van der Waals surface area contributed by atoms with E-state index in [0.29, 0.717) is 11.4 Å². The van der Waals surface area contributed by atoms with Gasteiger partial charge in [0.2, 0.25) is 17.7 Å². The van der Waals surface area contributed by atoms with Gasteiger partial charge in [-0.05, 0) is 73.2 Å². The molecule has 1 atom stereocenters. The topological polar surface area (TPSA) is 117 Å². The highest BCUT2D eigenvalue weighted by Crippen LogP contribution is 2.36. The van der Waals surface area contributed by atoms with Crippen molar-refractivity contribution in [1.82, 2.24) is 4.98 Å². The number of anilines is 2. The molecule has 38 heavy (non-hydrogen) atoms. The first-order valence-electron chi connectivity index (χ1n) is 11.6. The number of carbonyl (C=O) groups is 4. The molecule has 1 aliphatic heterocycles. The molecule has 0 radical (unpaired) electrons. The first-order chi connectivity index (χ1) is 18.3. The molecule has 2 N–H and O–H groups in total. The summed E-state index contributed by atoms with van der Waals surface area (Å²) in [5.41, 5.74) is 4.04. The van der Waals surface area contributed by atoms with Crippen LogP contribution in [0.4, 0.5) is 11.4 Å². The zero-order valence-electron chi connectivity index (χ0n) is 20.1. The molecule has 0 unspecified atom stereocenters. The molecule has 2 heterocycles. The zero-order chi connectivity index (χ0) is 26.8. The Bertz CT molecular complexity index is 1590. The van der Waals surface area contributed by atoms with Crippen molar-refractivity contribution in [1.29, 1.82) is 0 Å². The minimum absolute atomic E-state index is 0.0843. The van der Waals surface area contributed by atoms with Gasteiger partial charge in [-0.1, -0.05) is 6.07 Å². The summed E-state index contributed by atoms with van der Waals surface area (Å²) in [6.45, 7) is 2.04. The number of carboxylic acid groups (broad SMARTS) is 1. The minimum Gasteiger partial charge on any atom is -0.478 e. The van der Waals surface area contributed by atoms with Crippen LogP contribution in [-0.4, -0.2) is 39.0 Å². The number of hydrogen-bond donors (Lipinski definition) is 2. The lowest BCUT2D eigenvalue weighted by atomic mass is 10.2. The number of nitrogens with zero attached hydrogens (tertiary/aromatic N) is 2. The molecule has 4 aromatic rings. The van der Waals surface area contributed by atoms with Gasteiger partial charge in [-0.2, -0.15) is 0 Å². The molecule has 5 rings (SSSR count). The average Bonchev–Trinajstić information content (AvgIpc) is 3.43. The van der Waals surface area contributed by atoms with Crippen LogP contribution in [0.25, 0.3) is 20.8 Å². The number of rotatable bonds is 7. The number of carboxylic acids is 1. The first-order valence-corrected chi connectivity index (χ1v) is 13.3. The number of thiazole rings is 1. The third-order valence-corrected chi connectivity index (χ3v) is 8.06. The highest BCUT2D eigenvalue weighted by Gasteiger charge is 2.40. The van der Waals surface area contributed by atoms with Crippen LogP contribution in [0.3, 0.4) is 0 Å². The maximum atomic E-state index is 13.1. The van der Waals surface area contributed by atoms with Gasteiger partial charge in [0.25, 0.3) is 0 Å². The smallest absolute Gasteiger partial charge is 0.328 e. The molecular formula is C28H21N3O5S2. The number of aryl methyl sites for hydroxylation is 1. The van der Waals surface area contributed by atoms with E-state index < -0.39 is 17.1 Å². The summed E-state index contributed by atoms with van der Waals surface area (Å²) in [6.07, 6.45) is 1.76. The molecule has 1 fully saturated rings. The Balaban J connectivity index is 1.25. The summed E-state index contributed by atoms with van der Waals surface area (Å²) in [5, 5.41) is 11.5. The second kappa shape index (κ2) is 10.6. The lowest BCUT2D eigenvalue weighted by Crippen LogP contribution is -2.31. The van der Waals surface area contributed by atoms with Crippen molar-refractivity contribution in [3.8, 4) is 10.6 Å². The number of aliphatic carboxylic acids is 1. The van der Waals surface area contributed by atoms with Crippen LogP contribution < -0.4 is 10.2 Å². The van der Waals surface area contributed by atoms with E-state index in [0.717, 1.165) is 37.8 Å². The van der Waals surface area contributed by atoms with Crippen LogP contribution in [0, 0.1) is 6.92 Å². The van der Waals surface area contributed by atoms with Crippen LogP contribution in [0.5, 0.6) is 0 Å². The highest BCUT2D eigenvalue weighted by atomic mass is 32.2. The first kappa shape index (κ1) is 25.4. The summed E-state index contributed by atoms with van der Waals surface area (Å²) >= 11 is 2.88. The van der Waals surface area contributed by atoms with Crippen molar-refractivity contribution in [3.63, 3.8) is 0 Å². The molecule has 8 nitrogen and oxygen atoms in total. The Hall–Kier alpha value is -4.28. The van der Waals surface area contributed by atoms with Gasteiger partial charge in [0.05, 0.1) is 21.2 Å². The third-order valence-electron chi connectivity index (χ3n) is 5.80. The Morgan fingerprint density at radius 3 is 2.50 bits per heavy atom. The van der Waals surface area contributed by atoms with E-state index >= 15 is 0 Å². The second-order valence-corrected chi connectivity index (χ2v) is 10.9. The van der Waals surface area contributed by atoms with Crippen molar-refractivity contribution in [2.24, 2.45) is 0 Å². The zero-order valence-corrected chi connectivity index (χ0v) is 21.7. The van der Waals surface area contributed by atoms with E-state index in [4.69, 9.17) is 10.1 Å².